The fourth-order valence-corrected chi connectivity index (χ4v) is 4.82. The summed E-state index contributed by atoms with van der Waals surface area (Å²) in [7, 11) is -3.56. The van der Waals surface area contributed by atoms with E-state index < -0.39 is 16.1 Å². The number of nitrogens with two attached hydrogens (primary N) is 1. The zero-order valence-electron chi connectivity index (χ0n) is 18.2. The molecule has 0 spiro atoms. The predicted octanol–water partition coefficient (Wildman–Crippen LogP) is 2.05. The Kier molecular flexibility index (Phi) is 8.25. The van der Waals surface area contributed by atoms with Crippen molar-refractivity contribution in [2.24, 2.45) is 5.73 Å². The maximum atomic E-state index is 12.9. The Hall–Kier alpha value is -2.13. The lowest BCUT2D eigenvalue weighted by Crippen LogP contribution is -2.50. The van der Waals surface area contributed by atoms with Crippen LogP contribution in [0.1, 0.15) is 52.0 Å². The number of hydrogen-bond acceptors (Lipinski definition) is 4. The largest absolute Gasteiger partial charge is 0.352 e. The molecule has 0 atom stereocenters. The van der Waals surface area contributed by atoms with Crippen LogP contribution in [0.25, 0.3) is 0 Å². The molecule has 1 aromatic rings. The second-order valence-corrected chi connectivity index (χ2v) is 10.6. The third-order valence-electron chi connectivity index (χ3n) is 5.32. The minimum atomic E-state index is -3.56. The van der Waals surface area contributed by atoms with Gasteiger partial charge in [0.05, 0.1) is 4.90 Å². The zero-order valence-corrected chi connectivity index (χ0v) is 19.0. The first-order valence-electron chi connectivity index (χ1n) is 10.4. The van der Waals surface area contributed by atoms with Crippen molar-refractivity contribution < 1.29 is 18.0 Å². The van der Waals surface area contributed by atoms with Gasteiger partial charge in [-0.15, -0.1) is 0 Å². The van der Waals surface area contributed by atoms with Crippen LogP contribution in [0.4, 0.5) is 4.79 Å². The van der Waals surface area contributed by atoms with Gasteiger partial charge in [0.15, 0.2) is 0 Å². The van der Waals surface area contributed by atoms with Gasteiger partial charge in [-0.1, -0.05) is 39.3 Å². The van der Waals surface area contributed by atoms with E-state index in [2.05, 4.69) is 26.1 Å². The number of nitrogens with one attached hydrogen (secondary N) is 1. The summed E-state index contributed by atoms with van der Waals surface area (Å²) in [6.07, 6.45) is 2.76. The lowest BCUT2D eigenvalue weighted by atomic mass is 9.87. The fraction of sp³-hybridized carbons (Fsp3) is 0.619. The Balaban J connectivity index is 1.81. The van der Waals surface area contributed by atoms with Crippen LogP contribution in [-0.2, 0) is 20.2 Å². The van der Waals surface area contributed by atoms with Crippen molar-refractivity contribution in [3.8, 4) is 0 Å². The summed E-state index contributed by atoms with van der Waals surface area (Å²) in [5.74, 6) is 0.0458. The molecular weight excluding hydrogens is 404 g/mol. The number of unbranched alkanes of at least 4 members (excludes halogenated alkanes) is 2. The van der Waals surface area contributed by atoms with Crippen LogP contribution in [0, 0.1) is 0 Å². The molecular formula is C21H34N4O4S. The van der Waals surface area contributed by atoms with E-state index in [0.717, 1.165) is 24.8 Å². The van der Waals surface area contributed by atoms with Crippen LogP contribution in [0.15, 0.2) is 29.2 Å². The van der Waals surface area contributed by atoms with E-state index in [9.17, 15) is 18.0 Å². The maximum Gasteiger partial charge on any atom is 0.312 e. The molecule has 0 radical (unpaired) electrons. The second-order valence-electron chi connectivity index (χ2n) is 8.66. The van der Waals surface area contributed by atoms with E-state index in [-0.39, 0.29) is 11.3 Å². The van der Waals surface area contributed by atoms with Crippen LogP contribution in [-0.4, -0.2) is 62.3 Å². The molecule has 0 aromatic heterocycles. The summed E-state index contributed by atoms with van der Waals surface area (Å²) in [5.41, 5.74) is 6.05. The summed E-state index contributed by atoms with van der Waals surface area (Å²) in [5, 5.41) is 2.52. The van der Waals surface area contributed by atoms with Crippen LogP contribution >= 0.6 is 0 Å². The van der Waals surface area contributed by atoms with Gasteiger partial charge >= 0.3 is 6.03 Å². The van der Waals surface area contributed by atoms with Gasteiger partial charge in [-0.2, -0.15) is 4.31 Å². The highest BCUT2D eigenvalue weighted by Crippen LogP contribution is 2.25. The molecule has 3 N–H and O–H groups in total. The molecule has 0 bridgehead atoms. The number of piperazine rings is 1. The van der Waals surface area contributed by atoms with Crippen molar-refractivity contribution in [3.05, 3.63) is 29.8 Å². The molecule has 30 heavy (non-hydrogen) atoms. The highest BCUT2D eigenvalue weighted by molar-refractivity contribution is 7.89. The molecule has 1 fully saturated rings. The number of carbonyl (C=O) groups excluding carboxylic acids is 2. The molecule has 8 nitrogen and oxygen atoms in total. The van der Waals surface area contributed by atoms with Gasteiger partial charge in [-0.05, 0) is 36.0 Å². The molecule has 168 valence electrons. The smallest absolute Gasteiger partial charge is 0.312 e. The molecule has 2 rings (SSSR count). The van der Waals surface area contributed by atoms with Crippen LogP contribution in [0.3, 0.4) is 0 Å². The maximum absolute atomic E-state index is 12.9. The highest BCUT2D eigenvalue weighted by Gasteiger charge is 2.30. The van der Waals surface area contributed by atoms with Crippen molar-refractivity contribution >= 4 is 22.0 Å². The van der Waals surface area contributed by atoms with Crippen LogP contribution in [0.2, 0.25) is 0 Å². The number of urea groups is 1. The van der Waals surface area contributed by atoms with Gasteiger partial charge in [0.25, 0.3) is 0 Å². The number of hydrogen-bond donors (Lipinski definition) is 2. The Bertz CT molecular complexity index is 824. The molecule has 1 aliphatic heterocycles. The zero-order chi connectivity index (χ0) is 22.4. The topological polar surface area (TPSA) is 113 Å². The van der Waals surface area contributed by atoms with E-state index in [1.807, 2.05) is 12.1 Å². The standard InChI is InChI=1S/C21H34N4O4S/c1-21(2,3)17-8-10-18(11-9-17)30(28,29)25-15-13-24(14-16-25)19(26)7-5-4-6-12-23-20(22)27/h8-11H,4-7,12-16H2,1-3H3,(H3,22,23,27). The first-order valence-corrected chi connectivity index (χ1v) is 11.9. The lowest BCUT2D eigenvalue weighted by molar-refractivity contribution is -0.132. The minimum Gasteiger partial charge on any atom is -0.352 e. The van der Waals surface area contributed by atoms with Crippen molar-refractivity contribution in [3.63, 3.8) is 0 Å². The molecule has 1 saturated heterocycles. The van der Waals surface area contributed by atoms with E-state index in [1.165, 1.54) is 4.31 Å². The van der Waals surface area contributed by atoms with Gasteiger partial charge in [-0.25, -0.2) is 13.2 Å². The van der Waals surface area contributed by atoms with Gasteiger partial charge < -0.3 is 16.0 Å². The van der Waals surface area contributed by atoms with Crippen LogP contribution < -0.4 is 11.1 Å². The van der Waals surface area contributed by atoms with Crippen molar-refractivity contribution in [2.75, 3.05) is 32.7 Å². The number of rotatable bonds is 8. The summed E-state index contributed by atoms with van der Waals surface area (Å²) in [6.45, 7) is 8.19. The normalized spacial score (nSPS) is 15.8. The van der Waals surface area contributed by atoms with Crippen molar-refractivity contribution in [1.29, 1.82) is 0 Å². The van der Waals surface area contributed by atoms with Gasteiger partial charge in [0.1, 0.15) is 0 Å². The Morgan fingerprint density at radius 1 is 1.00 bits per heavy atom. The second kappa shape index (κ2) is 10.3. The molecule has 1 heterocycles. The van der Waals surface area contributed by atoms with Gasteiger partial charge in [-0.3, -0.25) is 4.79 Å². The van der Waals surface area contributed by atoms with Crippen LogP contribution in [0.5, 0.6) is 0 Å². The van der Waals surface area contributed by atoms with E-state index in [1.54, 1.807) is 17.0 Å². The number of amides is 3. The van der Waals surface area contributed by atoms with E-state index >= 15 is 0 Å². The summed E-state index contributed by atoms with van der Waals surface area (Å²) >= 11 is 0. The number of benzene rings is 1. The SMILES string of the molecule is CC(C)(C)c1ccc(S(=O)(=O)N2CCN(C(=O)CCCCCNC(N)=O)CC2)cc1. The van der Waals surface area contributed by atoms with E-state index in [4.69, 9.17) is 5.73 Å². The molecule has 3 amide bonds. The number of nitrogens with zero attached hydrogens (tertiary/aromatic N) is 2. The molecule has 1 aliphatic rings. The summed E-state index contributed by atoms with van der Waals surface area (Å²) in [6, 6.07) is 6.53. The summed E-state index contributed by atoms with van der Waals surface area (Å²) in [4.78, 5) is 25.0. The molecule has 9 heteroatoms. The van der Waals surface area contributed by atoms with Crippen molar-refractivity contribution in [1.82, 2.24) is 14.5 Å². The highest BCUT2D eigenvalue weighted by atomic mass is 32.2. The first kappa shape index (κ1) is 24.1. The monoisotopic (exact) mass is 438 g/mol. The lowest BCUT2D eigenvalue weighted by Gasteiger charge is -2.34. The molecule has 0 saturated carbocycles. The van der Waals surface area contributed by atoms with E-state index in [0.29, 0.717) is 44.0 Å². The Morgan fingerprint density at radius 3 is 2.13 bits per heavy atom. The third kappa shape index (κ3) is 6.70. The average molecular weight is 439 g/mol. The quantitative estimate of drug-likeness (QED) is 0.605. The first-order chi connectivity index (χ1) is 14.0. The average Bonchev–Trinajstić information content (AvgIpc) is 2.69. The number of primary amides is 1. The van der Waals surface area contributed by atoms with Gasteiger partial charge in [0, 0.05) is 39.1 Å². The molecule has 0 aliphatic carbocycles. The fourth-order valence-electron chi connectivity index (χ4n) is 3.40. The number of carbonyl (C=O) groups is 2. The third-order valence-corrected chi connectivity index (χ3v) is 7.23. The molecule has 1 aromatic carbocycles. The number of sulfonamides is 1. The Labute approximate surface area is 179 Å². The molecule has 0 unspecified atom stereocenters. The minimum absolute atomic E-state index is 0.0351. The Morgan fingerprint density at radius 2 is 1.60 bits per heavy atom. The van der Waals surface area contributed by atoms with Gasteiger partial charge in [0.2, 0.25) is 15.9 Å². The summed E-state index contributed by atoms with van der Waals surface area (Å²) < 4.78 is 27.3. The van der Waals surface area contributed by atoms with Crippen molar-refractivity contribution in [2.45, 2.75) is 56.8 Å². The predicted molar refractivity (Wildman–Crippen MR) is 117 cm³/mol.